The fourth-order valence-electron chi connectivity index (χ4n) is 1.15. The molecule has 0 amide bonds. The summed E-state index contributed by atoms with van der Waals surface area (Å²) in [5, 5.41) is 0. The fraction of sp³-hybridized carbons (Fsp3) is 0.143. The lowest BCUT2D eigenvalue weighted by molar-refractivity contribution is 0.501. The van der Waals surface area contributed by atoms with Gasteiger partial charge in [0.05, 0.1) is 5.75 Å². The Hall–Kier alpha value is 0.0449. The molecule has 1 rings (SSSR count). The number of halogens is 5. The zero-order valence-corrected chi connectivity index (χ0v) is 11.4. The normalized spacial score (nSPS) is 12.8. The van der Waals surface area contributed by atoms with E-state index in [0.717, 1.165) is 12.1 Å². The van der Waals surface area contributed by atoms with Gasteiger partial charge >= 0.3 is 6.98 Å². The van der Waals surface area contributed by atoms with Crippen LogP contribution >= 0.6 is 33.3 Å². The zero-order valence-electron chi connectivity index (χ0n) is 7.63. The van der Waals surface area contributed by atoms with E-state index in [1.807, 2.05) is 0 Å². The molecule has 0 fully saturated rings. The molecule has 16 heavy (non-hydrogen) atoms. The summed E-state index contributed by atoms with van der Waals surface area (Å²) in [6.07, 6.45) is 0. The van der Waals surface area contributed by atoms with E-state index in [1.165, 1.54) is 6.07 Å². The average Bonchev–Trinajstić information content (AvgIpc) is 1.97. The Kier molecular flexibility index (Phi) is 4.17. The van der Waals surface area contributed by atoms with Crippen molar-refractivity contribution < 1.29 is 21.4 Å². The van der Waals surface area contributed by atoms with E-state index in [1.54, 1.807) is 22.6 Å². The van der Waals surface area contributed by atoms with Gasteiger partial charge in [-0.3, -0.25) is 0 Å². The first kappa shape index (κ1) is 14.1. The smallest absolute Gasteiger partial charge is 0.445 e. The van der Waals surface area contributed by atoms with Crippen LogP contribution in [0.1, 0.15) is 5.56 Å². The summed E-state index contributed by atoms with van der Waals surface area (Å²) in [4.78, 5) is 0. The number of hydrogen-bond acceptors (Lipinski definition) is 2. The van der Waals surface area contributed by atoms with Crippen LogP contribution in [-0.4, -0.2) is 15.4 Å². The lowest BCUT2D eigenvalue weighted by Gasteiger charge is -2.16. The maximum absolute atomic E-state index is 12.5. The minimum absolute atomic E-state index is 0.0381. The van der Waals surface area contributed by atoms with Crippen LogP contribution in [0.3, 0.4) is 0 Å². The maximum Gasteiger partial charge on any atom is 0.509 e. The molecule has 0 heterocycles. The van der Waals surface area contributed by atoms with E-state index in [-0.39, 0.29) is 5.56 Å². The molecule has 0 N–H and O–H groups in total. The lowest BCUT2D eigenvalue weighted by Crippen LogP contribution is -2.34. The summed E-state index contributed by atoms with van der Waals surface area (Å²) in [5.74, 6) is -0.607. The highest BCUT2D eigenvalue weighted by molar-refractivity contribution is 14.1. The van der Waals surface area contributed by atoms with Crippen molar-refractivity contribution in [2.75, 3.05) is 0 Å². The molecule has 90 valence electrons. The van der Waals surface area contributed by atoms with Gasteiger partial charge in [-0.2, -0.15) is 0 Å². The highest BCUT2D eigenvalue weighted by Crippen LogP contribution is 2.16. The Morgan fingerprint density at radius 2 is 1.81 bits per heavy atom. The van der Waals surface area contributed by atoms with E-state index in [0.29, 0.717) is 3.57 Å². The molecular formula is C7H5BClF3IO2S-. The third kappa shape index (κ3) is 4.50. The molecule has 0 aliphatic rings. The minimum atomic E-state index is -5.13. The zero-order chi connectivity index (χ0) is 12.6. The van der Waals surface area contributed by atoms with Crippen molar-refractivity contribution in [1.82, 2.24) is 0 Å². The summed E-state index contributed by atoms with van der Waals surface area (Å²) < 4.78 is 59.2. The second kappa shape index (κ2) is 4.73. The Balaban J connectivity index is 3.19. The number of benzene rings is 1. The van der Waals surface area contributed by atoms with Crippen molar-refractivity contribution in [3.63, 3.8) is 0 Å². The van der Waals surface area contributed by atoms with Crippen molar-refractivity contribution in [2.45, 2.75) is 5.75 Å². The van der Waals surface area contributed by atoms with Gasteiger partial charge < -0.3 is 12.9 Å². The van der Waals surface area contributed by atoms with Gasteiger partial charge in [0.2, 0.25) is 9.05 Å². The predicted molar refractivity (Wildman–Crippen MR) is 66.3 cm³/mol. The van der Waals surface area contributed by atoms with Crippen LogP contribution in [0.15, 0.2) is 18.2 Å². The maximum atomic E-state index is 12.5. The Labute approximate surface area is 109 Å². The second-order valence-electron chi connectivity index (χ2n) is 3.15. The van der Waals surface area contributed by atoms with Gasteiger partial charge in [-0.25, -0.2) is 8.42 Å². The van der Waals surface area contributed by atoms with E-state index in [2.05, 4.69) is 0 Å². The van der Waals surface area contributed by atoms with Crippen LogP contribution in [0.5, 0.6) is 0 Å². The summed E-state index contributed by atoms with van der Waals surface area (Å²) in [6, 6.07) is 3.12. The Morgan fingerprint density at radius 1 is 1.25 bits per heavy atom. The third-order valence-corrected chi connectivity index (χ3v) is 3.33. The SMILES string of the molecule is O=S(=O)(Cl)Cc1cc(I)cc([B-](F)(F)F)c1. The summed E-state index contributed by atoms with van der Waals surface area (Å²) >= 11 is 1.69. The quantitative estimate of drug-likeness (QED) is 0.457. The molecule has 1 aromatic carbocycles. The van der Waals surface area contributed by atoms with Crippen molar-refractivity contribution in [3.05, 3.63) is 27.3 Å². The molecule has 0 saturated heterocycles. The number of rotatable bonds is 3. The molecule has 0 radical (unpaired) electrons. The van der Waals surface area contributed by atoms with Gasteiger partial charge in [0, 0.05) is 14.3 Å². The van der Waals surface area contributed by atoms with Gasteiger partial charge in [0.15, 0.2) is 0 Å². The van der Waals surface area contributed by atoms with Gasteiger partial charge in [-0.1, -0.05) is 12.1 Å². The van der Waals surface area contributed by atoms with Gasteiger partial charge in [0.1, 0.15) is 0 Å². The van der Waals surface area contributed by atoms with E-state index >= 15 is 0 Å². The lowest BCUT2D eigenvalue weighted by atomic mass is 9.79. The minimum Gasteiger partial charge on any atom is -0.445 e. The van der Waals surface area contributed by atoms with Crippen LogP contribution in [0.2, 0.25) is 0 Å². The molecule has 0 bridgehead atoms. The summed E-state index contributed by atoms with van der Waals surface area (Å²) in [7, 11) is 1.13. The standard InChI is InChI=1S/C7H5BClF3IO2S/c9-16(14,15)4-5-1-6(8(10,11)12)3-7(13)2-5/h1-3H,4H2/q-1. The molecule has 2 nitrogen and oxygen atoms in total. The summed E-state index contributed by atoms with van der Waals surface area (Å²) in [5.41, 5.74) is -0.779. The van der Waals surface area contributed by atoms with Crippen LogP contribution in [0, 0.1) is 3.57 Å². The first-order valence-electron chi connectivity index (χ1n) is 3.99. The van der Waals surface area contributed by atoms with Crippen LogP contribution in [-0.2, 0) is 14.8 Å². The van der Waals surface area contributed by atoms with Crippen LogP contribution < -0.4 is 5.46 Å². The highest BCUT2D eigenvalue weighted by atomic mass is 127. The first-order valence-corrected chi connectivity index (χ1v) is 7.55. The number of hydrogen-bond donors (Lipinski definition) is 0. The fourth-order valence-corrected chi connectivity index (χ4v) is 2.85. The topological polar surface area (TPSA) is 34.1 Å². The van der Waals surface area contributed by atoms with Crippen molar-refractivity contribution in [2.24, 2.45) is 0 Å². The third-order valence-electron chi connectivity index (χ3n) is 1.70. The van der Waals surface area contributed by atoms with E-state index in [9.17, 15) is 21.4 Å². The van der Waals surface area contributed by atoms with Crippen molar-refractivity contribution >= 4 is 54.8 Å². The predicted octanol–water partition coefficient (Wildman–Crippen LogP) is 2.41. The Morgan fingerprint density at radius 3 is 2.25 bits per heavy atom. The molecule has 9 heteroatoms. The highest BCUT2D eigenvalue weighted by Gasteiger charge is 2.26. The molecule has 0 atom stereocenters. The van der Waals surface area contributed by atoms with Crippen molar-refractivity contribution in [1.29, 1.82) is 0 Å². The molecule has 0 unspecified atom stereocenters. The molecule has 0 aliphatic carbocycles. The largest absolute Gasteiger partial charge is 0.509 e. The molecule has 0 spiro atoms. The molecular weight excluding hydrogens is 378 g/mol. The molecule has 0 aromatic heterocycles. The summed E-state index contributed by atoms with van der Waals surface area (Å²) in [6.45, 7) is -5.13. The van der Waals surface area contributed by atoms with E-state index in [4.69, 9.17) is 10.7 Å². The van der Waals surface area contributed by atoms with Crippen molar-refractivity contribution in [3.8, 4) is 0 Å². The van der Waals surface area contributed by atoms with Gasteiger partial charge in [-0.15, -0.1) is 5.46 Å². The van der Waals surface area contributed by atoms with Gasteiger partial charge in [0.25, 0.3) is 0 Å². The average molecular weight is 383 g/mol. The van der Waals surface area contributed by atoms with Gasteiger partial charge in [-0.05, 0) is 34.2 Å². The molecule has 0 aliphatic heterocycles. The monoisotopic (exact) mass is 383 g/mol. The molecule has 1 aromatic rings. The van der Waals surface area contributed by atoms with Crippen LogP contribution in [0.4, 0.5) is 12.9 Å². The molecule has 0 saturated carbocycles. The first-order chi connectivity index (χ1) is 7.08. The van der Waals surface area contributed by atoms with Crippen LogP contribution in [0.25, 0.3) is 0 Å². The van der Waals surface area contributed by atoms with E-state index < -0.39 is 27.2 Å². The Bertz CT molecular complexity index is 503. The second-order valence-corrected chi connectivity index (χ2v) is 7.17.